The van der Waals surface area contributed by atoms with Gasteiger partial charge in [0, 0.05) is 50.2 Å². The minimum Gasteiger partial charge on any atom is -0.354 e. The lowest BCUT2D eigenvalue weighted by molar-refractivity contribution is 0.0633. The lowest BCUT2D eigenvalue weighted by Gasteiger charge is -2.32. The van der Waals surface area contributed by atoms with Crippen molar-refractivity contribution in [1.82, 2.24) is 14.5 Å². The Hall–Kier alpha value is -2.76. The van der Waals surface area contributed by atoms with Crippen LogP contribution in [0.25, 0.3) is 0 Å². The van der Waals surface area contributed by atoms with Crippen LogP contribution in [0.4, 0.5) is 0 Å². The minimum absolute atomic E-state index is 0.0464. The van der Waals surface area contributed by atoms with Crippen LogP contribution >= 0.6 is 0 Å². The van der Waals surface area contributed by atoms with Gasteiger partial charge in [0.25, 0.3) is 5.91 Å². The predicted octanol–water partition coefficient (Wildman–Crippen LogP) is 1.82. The Kier molecular flexibility index (Phi) is 4.79. The molecule has 3 rings (SSSR count). The first-order valence-corrected chi connectivity index (χ1v) is 8.39. The fourth-order valence-electron chi connectivity index (χ4n) is 3.15. The highest BCUT2D eigenvalue weighted by Crippen LogP contribution is 2.21. The topological polar surface area (TPSA) is 72.3 Å². The van der Waals surface area contributed by atoms with Gasteiger partial charge in [-0.05, 0) is 31.9 Å². The van der Waals surface area contributed by atoms with Crippen molar-refractivity contribution in [3.8, 4) is 0 Å². The number of aryl methyl sites for hydroxylation is 2. The first-order valence-electron chi connectivity index (χ1n) is 8.39. The lowest BCUT2D eigenvalue weighted by Crippen LogP contribution is -2.44. The fourth-order valence-corrected chi connectivity index (χ4v) is 3.15. The second-order valence-electron chi connectivity index (χ2n) is 6.47. The molecular formula is C19H21N3O3. The van der Waals surface area contributed by atoms with Gasteiger partial charge >= 0.3 is 0 Å². The van der Waals surface area contributed by atoms with Crippen molar-refractivity contribution >= 4 is 11.7 Å². The number of hydrogen-bond acceptors (Lipinski definition) is 4. The molecule has 0 radical (unpaired) electrons. The zero-order valence-corrected chi connectivity index (χ0v) is 14.4. The third-order valence-electron chi connectivity index (χ3n) is 4.71. The number of rotatable bonds is 3. The molecule has 2 aromatic heterocycles. The zero-order chi connectivity index (χ0) is 18.0. The van der Waals surface area contributed by atoms with Gasteiger partial charge in [-0.2, -0.15) is 0 Å². The molecule has 2 aromatic rings. The summed E-state index contributed by atoms with van der Waals surface area (Å²) in [4.78, 5) is 43.3. The fraction of sp³-hybridized carbons (Fsp3) is 0.368. The molecular weight excluding hydrogens is 318 g/mol. The SMILES string of the molecule is Cc1cc(=O)c(C(=O)N2CCCC(C(=O)c3ccccn3)C2)cn1C. The van der Waals surface area contributed by atoms with E-state index in [2.05, 4.69) is 4.98 Å². The van der Waals surface area contributed by atoms with Crippen molar-refractivity contribution in [3.63, 3.8) is 0 Å². The van der Waals surface area contributed by atoms with E-state index in [1.54, 1.807) is 47.1 Å². The first kappa shape index (κ1) is 17.1. The van der Waals surface area contributed by atoms with E-state index in [4.69, 9.17) is 0 Å². The van der Waals surface area contributed by atoms with Gasteiger partial charge < -0.3 is 9.47 Å². The molecule has 1 fully saturated rings. The Morgan fingerprint density at radius 1 is 1.28 bits per heavy atom. The second-order valence-corrected chi connectivity index (χ2v) is 6.47. The van der Waals surface area contributed by atoms with Gasteiger partial charge in [-0.15, -0.1) is 0 Å². The Balaban J connectivity index is 1.80. The summed E-state index contributed by atoms with van der Waals surface area (Å²) in [5.74, 6) is -0.629. The molecule has 0 saturated carbocycles. The number of ketones is 1. The Morgan fingerprint density at radius 3 is 2.80 bits per heavy atom. The lowest BCUT2D eigenvalue weighted by atomic mass is 9.91. The zero-order valence-electron chi connectivity index (χ0n) is 14.4. The quantitative estimate of drug-likeness (QED) is 0.800. The molecule has 0 aliphatic carbocycles. The molecule has 0 N–H and O–H groups in total. The number of hydrogen-bond donors (Lipinski definition) is 0. The van der Waals surface area contributed by atoms with Crippen LogP contribution in [0.5, 0.6) is 0 Å². The number of likely N-dealkylation sites (tertiary alicyclic amines) is 1. The van der Waals surface area contributed by atoms with Crippen molar-refractivity contribution in [1.29, 1.82) is 0 Å². The highest BCUT2D eigenvalue weighted by molar-refractivity contribution is 5.98. The normalized spacial score (nSPS) is 17.4. The van der Waals surface area contributed by atoms with Crippen LogP contribution in [-0.2, 0) is 7.05 Å². The van der Waals surface area contributed by atoms with Crippen LogP contribution in [0, 0.1) is 12.8 Å². The summed E-state index contributed by atoms with van der Waals surface area (Å²) in [6, 6.07) is 6.70. The maximum absolute atomic E-state index is 12.8. The average molecular weight is 339 g/mol. The molecule has 1 saturated heterocycles. The third kappa shape index (κ3) is 3.52. The van der Waals surface area contributed by atoms with Gasteiger partial charge in [0.2, 0.25) is 0 Å². The van der Waals surface area contributed by atoms with Crippen molar-refractivity contribution in [2.24, 2.45) is 13.0 Å². The van der Waals surface area contributed by atoms with Crippen LogP contribution in [0.15, 0.2) is 41.5 Å². The molecule has 6 heteroatoms. The van der Waals surface area contributed by atoms with E-state index < -0.39 is 0 Å². The molecule has 1 atom stereocenters. The van der Waals surface area contributed by atoms with E-state index in [-0.39, 0.29) is 28.6 Å². The number of carbonyl (C=O) groups is 2. The largest absolute Gasteiger partial charge is 0.354 e. The summed E-state index contributed by atoms with van der Waals surface area (Å²) in [7, 11) is 1.80. The van der Waals surface area contributed by atoms with E-state index >= 15 is 0 Å². The van der Waals surface area contributed by atoms with E-state index in [1.165, 1.54) is 6.07 Å². The Bertz CT molecular complexity index is 858. The molecule has 1 unspecified atom stereocenters. The monoisotopic (exact) mass is 339 g/mol. The Morgan fingerprint density at radius 2 is 2.08 bits per heavy atom. The molecule has 6 nitrogen and oxygen atoms in total. The van der Waals surface area contributed by atoms with E-state index in [9.17, 15) is 14.4 Å². The Labute approximate surface area is 146 Å². The van der Waals surface area contributed by atoms with Crippen LogP contribution in [-0.4, -0.2) is 39.2 Å². The maximum atomic E-state index is 12.8. The third-order valence-corrected chi connectivity index (χ3v) is 4.71. The second kappa shape index (κ2) is 7.01. The summed E-state index contributed by atoms with van der Waals surface area (Å²) in [6.45, 7) is 2.70. The van der Waals surface area contributed by atoms with Crippen molar-refractivity contribution < 1.29 is 9.59 Å². The summed E-state index contributed by atoms with van der Waals surface area (Å²) >= 11 is 0. The van der Waals surface area contributed by atoms with E-state index in [0.717, 1.165) is 18.5 Å². The summed E-state index contributed by atoms with van der Waals surface area (Å²) in [6.07, 6.45) is 4.63. The van der Waals surface area contributed by atoms with Crippen LogP contribution in [0.2, 0.25) is 0 Å². The van der Waals surface area contributed by atoms with Crippen LogP contribution in [0.3, 0.4) is 0 Å². The number of carbonyl (C=O) groups excluding carboxylic acids is 2. The average Bonchev–Trinajstić information content (AvgIpc) is 2.64. The van der Waals surface area contributed by atoms with Crippen molar-refractivity contribution in [2.45, 2.75) is 19.8 Å². The number of piperidine rings is 1. The van der Waals surface area contributed by atoms with Gasteiger partial charge in [0.1, 0.15) is 11.3 Å². The molecule has 1 aliphatic heterocycles. The standard InChI is InChI=1S/C19H21N3O3/c1-13-10-17(23)15(12-21(13)2)19(25)22-9-5-6-14(11-22)18(24)16-7-3-4-8-20-16/h3-4,7-8,10,12,14H,5-6,9,11H2,1-2H3. The number of pyridine rings is 2. The molecule has 0 aromatic carbocycles. The number of aromatic nitrogens is 2. The predicted molar refractivity (Wildman–Crippen MR) is 93.6 cm³/mol. The number of nitrogens with zero attached hydrogens (tertiary/aromatic N) is 3. The van der Waals surface area contributed by atoms with Crippen LogP contribution in [0.1, 0.15) is 39.4 Å². The molecule has 0 spiro atoms. The van der Waals surface area contributed by atoms with E-state index in [0.29, 0.717) is 18.8 Å². The highest BCUT2D eigenvalue weighted by Gasteiger charge is 2.30. The molecule has 0 bridgehead atoms. The van der Waals surface area contributed by atoms with Gasteiger partial charge in [-0.25, -0.2) is 0 Å². The van der Waals surface area contributed by atoms with Crippen molar-refractivity contribution in [2.75, 3.05) is 13.1 Å². The van der Waals surface area contributed by atoms with Crippen molar-refractivity contribution in [3.05, 3.63) is 63.8 Å². The van der Waals surface area contributed by atoms with Gasteiger partial charge in [-0.3, -0.25) is 19.4 Å². The molecule has 25 heavy (non-hydrogen) atoms. The minimum atomic E-state index is -0.306. The maximum Gasteiger partial charge on any atom is 0.259 e. The molecule has 130 valence electrons. The molecule has 1 amide bonds. The highest BCUT2D eigenvalue weighted by atomic mass is 16.2. The van der Waals surface area contributed by atoms with Gasteiger partial charge in [0.05, 0.1) is 0 Å². The van der Waals surface area contributed by atoms with Gasteiger partial charge in [0.15, 0.2) is 11.2 Å². The van der Waals surface area contributed by atoms with E-state index in [1.807, 2.05) is 6.92 Å². The van der Waals surface area contributed by atoms with Crippen LogP contribution < -0.4 is 5.43 Å². The summed E-state index contributed by atoms with van der Waals surface area (Å²) < 4.78 is 1.76. The van der Waals surface area contributed by atoms with Gasteiger partial charge in [-0.1, -0.05) is 6.07 Å². The molecule has 1 aliphatic rings. The summed E-state index contributed by atoms with van der Waals surface area (Å²) in [5.41, 5.74) is 1.09. The summed E-state index contributed by atoms with van der Waals surface area (Å²) in [5, 5.41) is 0. The number of Topliss-reactive ketones (excluding diaryl/α,β-unsaturated/α-hetero) is 1. The number of amides is 1. The smallest absolute Gasteiger partial charge is 0.259 e. The first-order chi connectivity index (χ1) is 12.0. The molecule has 3 heterocycles.